The summed E-state index contributed by atoms with van der Waals surface area (Å²) in [5, 5.41) is 13.2. The molecule has 2 aliphatic rings. The minimum atomic E-state index is 0.218. The number of anilines is 1. The van der Waals surface area contributed by atoms with E-state index < -0.39 is 0 Å². The van der Waals surface area contributed by atoms with Gasteiger partial charge in [0.2, 0.25) is 5.91 Å². The van der Waals surface area contributed by atoms with Crippen molar-refractivity contribution in [1.29, 1.82) is 0 Å². The van der Waals surface area contributed by atoms with E-state index in [1.807, 2.05) is 21.5 Å². The Morgan fingerprint density at radius 1 is 1.12 bits per heavy atom. The number of carbonyl (C=O) groups is 1. The van der Waals surface area contributed by atoms with E-state index in [9.17, 15) is 4.79 Å². The summed E-state index contributed by atoms with van der Waals surface area (Å²) in [6, 6.07) is 3.98. The number of hydrogen-bond acceptors (Lipinski definition) is 5. The number of rotatable bonds is 4. The number of piperidine rings is 1. The number of hydrogen-bond donors (Lipinski definition) is 0. The second kappa shape index (κ2) is 7.21. The van der Waals surface area contributed by atoms with Crippen molar-refractivity contribution < 1.29 is 4.79 Å². The Kier molecular flexibility index (Phi) is 4.78. The fraction of sp³-hybridized carbons (Fsp3) is 0.684. The normalized spacial score (nSPS) is 23.8. The van der Waals surface area contributed by atoms with Gasteiger partial charge in [-0.15, -0.1) is 15.3 Å². The van der Waals surface area contributed by atoms with Crippen molar-refractivity contribution in [3.63, 3.8) is 0 Å². The molecule has 26 heavy (non-hydrogen) atoms. The summed E-state index contributed by atoms with van der Waals surface area (Å²) in [7, 11) is 0. The molecule has 0 unspecified atom stereocenters. The monoisotopic (exact) mass is 356 g/mol. The van der Waals surface area contributed by atoms with Crippen LogP contribution in [0.1, 0.15) is 45.4 Å². The Labute approximate surface area is 154 Å². The number of likely N-dealkylation sites (tertiary alicyclic amines) is 1. The molecule has 1 amide bonds. The summed E-state index contributed by atoms with van der Waals surface area (Å²) >= 11 is 0. The topological polar surface area (TPSA) is 66.6 Å². The molecule has 140 valence electrons. The van der Waals surface area contributed by atoms with Crippen molar-refractivity contribution in [2.75, 3.05) is 31.1 Å². The van der Waals surface area contributed by atoms with Crippen LogP contribution in [0.15, 0.2) is 12.1 Å². The van der Waals surface area contributed by atoms with Gasteiger partial charge in [-0.25, -0.2) is 0 Å². The summed E-state index contributed by atoms with van der Waals surface area (Å²) in [4.78, 5) is 17.0. The molecule has 2 aromatic heterocycles. The summed E-state index contributed by atoms with van der Waals surface area (Å²) in [5.41, 5.74) is 0.746. The number of nitrogens with zero attached hydrogens (tertiary/aromatic N) is 6. The molecule has 7 nitrogen and oxygen atoms in total. The lowest BCUT2D eigenvalue weighted by Crippen LogP contribution is -2.42. The van der Waals surface area contributed by atoms with Gasteiger partial charge in [-0.1, -0.05) is 13.8 Å². The largest absolute Gasteiger partial charge is 0.355 e. The van der Waals surface area contributed by atoms with Crippen LogP contribution in [0.25, 0.3) is 5.65 Å². The van der Waals surface area contributed by atoms with Crippen LogP contribution in [0.5, 0.6) is 0 Å². The first kappa shape index (κ1) is 17.2. The molecule has 7 heteroatoms. The average molecular weight is 356 g/mol. The van der Waals surface area contributed by atoms with Gasteiger partial charge in [0.1, 0.15) is 5.82 Å². The van der Waals surface area contributed by atoms with Crippen molar-refractivity contribution in [3.8, 4) is 0 Å². The Balaban J connectivity index is 1.45. The van der Waals surface area contributed by atoms with Gasteiger partial charge in [0.15, 0.2) is 11.5 Å². The van der Waals surface area contributed by atoms with E-state index in [0.29, 0.717) is 24.7 Å². The van der Waals surface area contributed by atoms with Gasteiger partial charge in [0, 0.05) is 39.0 Å². The number of fused-ring (bicyclic) bond motifs is 1. The van der Waals surface area contributed by atoms with Gasteiger partial charge in [0.05, 0.1) is 0 Å². The molecule has 4 heterocycles. The molecule has 2 saturated heterocycles. The smallest absolute Gasteiger partial charge is 0.223 e. The first-order valence-corrected chi connectivity index (χ1v) is 9.84. The van der Waals surface area contributed by atoms with Crippen molar-refractivity contribution in [1.82, 2.24) is 24.7 Å². The molecule has 2 aromatic rings. The highest BCUT2D eigenvalue weighted by atomic mass is 16.2. The lowest BCUT2D eigenvalue weighted by atomic mass is 9.91. The third-order valence-electron chi connectivity index (χ3n) is 5.53. The fourth-order valence-corrected chi connectivity index (χ4v) is 4.34. The molecule has 2 aliphatic heterocycles. The number of aryl methyl sites for hydroxylation is 1. The van der Waals surface area contributed by atoms with E-state index in [4.69, 9.17) is 5.10 Å². The van der Waals surface area contributed by atoms with E-state index >= 15 is 0 Å². The second-order valence-corrected chi connectivity index (χ2v) is 8.02. The minimum Gasteiger partial charge on any atom is -0.355 e. The van der Waals surface area contributed by atoms with E-state index in [1.54, 1.807) is 0 Å². The number of aromatic nitrogens is 4. The summed E-state index contributed by atoms with van der Waals surface area (Å²) < 4.78 is 1.81. The SMILES string of the molecule is C[C@H]1C[C@H](C)CN(C(=O)CCc2nnc3ccc(N4CCCC4)nn23)C1. The standard InChI is InChI=1S/C19H28N6O/c1-14-11-15(2)13-24(12-14)19(26)8-7-17-21-20-16-5-6-18(22-25(16)17)23-9-3-4-10-23/h5-6,14-15H,3-4,7-13H2,1-2H3/t14-,15-/m0/s1. The summed E-state index contributed by atoms with van der Waals surface area (Å²) in [6.45, 7) is 8.32. The summed E-state index contributed by atoms with van der Waals surface area (Å²) in [5.74, 6) is 3.13. The molecule has 0 saturated carbocycles. The Morgan fingerprint density at radius 2 is 1.85 bits per heavy atom. The molecule has 0 N–H and O–H groups in total. The third-order valence-corrected chi connectivity index (χ3v) is 5.53. The predicted molar refractivity (Wildman–Crippen MR) is 100 cm³/mol. The molecule has 0 bridgehead atoms. The highest BCUT2D eigenvalue weighted by molar-refractivity contribution is 5.76. The summed E-state index contributed by atoms with van der Waals surface area (Å²) in [6.07, 6.45) is 4.69. The zero-order valence-electron chi connectivity index (χ0n) is 15.8. The second-order valence-electron chi connectivity index (χ2n) is 8.02. The number of carbonyl (C=O) groups excluding carboxylic acids is 1. The van der Waals surface area contributed by atoms with Gasteiger partial charge in [-0.3, -0.25) is 4.79 Å². The first-order valence-electron chi connectivity index (χ1n) is 9.84. The van der Waals surface area contributed by atoms with Crippen LogP contribution in [-0.4, -0.2) is 56.8 Å². The highest BCUT2D eigenvalue weighted by Gasteiger charge is 2.25. The molecule has 2 fully saturated rings. The average Bonchev–Trinajstić information content (AvgIpc) is 3.28. The van der Waals surface area contributed by atoms with Crippen molar-refractivity contribution >= 4 is 17.4 Å². The van der Waals surface area contributed by atoms with E-state index in [1.165, 1.54) is 19.3 Å². The Hall–Kier alpha value is -2.18. The van der Waals surface area contributed by atoms with E-state index in [-0.39, 0.29) is 5.91 Å². The zero-order valence-corrected chi connectivity index (χ0v) is 15.8. The maximum absolute atomic E-state index is 12.6. The van der Waals surface area contributed by atoms with Crippen LogP contribution in [0, 0.1) is 11.8 Å². The lowest BCUT2D eigenvalue weighted by Gasteiger charge is -2.35. The highest BCUT2D eigenvalue weighted by Crippen LogP contribution is 2.22. The van der Waals surface area contributed by atoms with Gasteiger partial charge in [0.25, 0.3) is 0 Å². The van der Waals surface area contributed by atoms with Crippen molar-refractivity contribution in [3.05, 3.63) is 18.0 Å². The van der Waals surface area contributed by atoms with Crippen molar-refractivity contribution in [2.45, 2.75) is 46.0 Å². The Morgan fingerprint density at radius 3 is 2.58 bits per heavy atom. The molecular weight excluding hydrogens is 328 g/mol. The molecule has 0 aliphatic carbocycles. The first-order chi connectivity index (χ1) is 12.6. The molecule has 4 rings (SSSR count). The molecule has 0 aromatic carbocycles. The Bertz CT molecular complexity index is 771. The zero-order chi connectivity index (χ0) is 18.1. The van der Waals surface area contributed by atoms with Gasteiger partial charge in [-0.05, 0) is 43.2 Å². The van der Waals surface area contributed by atoms with Crippen LogP contribution in [0.2, 0.25) is 0 Å². The van der Waals surface area contributed by atoms with Crippen molar-refractivity contribution in [2.24, 2.45) is 11.8 Å². The minimum absolute atomic E-state index is 0.218. The predicted octanol–water partition coefficient (Wildman–Crippen LogP) is 2.16. The molecule has 2 atom stereocenters. The molecule has 0 spiro atoms. The van der Waals surface area contributed by atoms with Gasteiger partial charge < -0.3 is 9.80 Å². The van der Waals surface area contributed by atoms with E-state index in [0.717, 1.165) is 43.5 Å². The fourth-order valence-electron chi connectivity index (χ4n) is 4.34. The van der Waals surface area contributed by atoms with Crippen LogP contribution in [0.3, 0.4) is 0 Å². The van der Waals surface area contributed by atoms with E-state index in [2.05, 4.69) is 28.9 Å². The quantitative estimate of drug-likeness (QED) is 0.840. The van der Waals surface area contributed by atoms with Crippen LogP contribution >= 0.6 is 0 Å². The maximum Gasteiger partial charge on any atom is 0.223 e. The van der Waals surface area contributed by atoms with Crippen LogP contribution < -0.4 is 4.90 Å². The lowest BCUT2D eigenvalue weighted by molar-refractivity contribution is -0.133. The van der Waals surface area contributed by atoms with Gasteiger partial charge in [-0.2, -0.15) is 4.52 Å². The molecular formula is C19H28N6O. The maximum atomic E-state index is 12.6. The molecule has 0 radical (unpaired) electrons. The number of amides is 1. The van der Waals surface area contributed by atoms with Crippen LogP contribution in [0.4, 0.5) is 5.82 Å². The van der Waals surface area contributed by atoms with Crippen LogP contribution in [-0.2, 0) is 11.2 Å². The van der Waals surface area contributed by atoms with Gasteiger partial charge >= 0.3 is 0 Å². The third kappa shape index (κ3) is 3.52.